The molecule has 1 aliphatic heterocycles. The van der Waals surface area contributed by atoms with Crippen LogP contribution in [-0.4, -0.2) is 17.3 Å². The zero-order valence-corrected chi connectivity index (χ0v) is 17.1. The van der Waals surface area contributed by atoms with Gasteiger partial charge in [0.25, 0.3) is 5.91 Å². The van der Waals surface area contributed by atoms with Crippen molar-refractivity contribution in [2.24, 2.45) is 12.0 Å². The zero-order valence-electron chi connectivity index (χ0n) is 16.2. The Morgan fingerprint density at radius 2 is 1.84 bits per heavy atom. The fourth-order valence-corrected chi connectivity index (χ4v) is 4.82. The van der Waals surface area contributed by atoms with Gasteiger partial charge in [0.05, 0.1) is 10.2 Å². The first-order valence-electron chi connectivity index (χ1n) is 9.52. The van der Waals surface area contributed by atoms with Crippen molar-refractivity contribution < 1.29 is 18.7 Å². The SMILES string of the molecule is Cn1c(=NC(=O)c2cc3c(ccc4ccccc43)oc2=O)sc2cc3c(cc21)OCO3. The molecular weight excluding hydrogens is 416 g/mol. The van der Waals surface area contributed by atoms with Gasteiger partial charge in [0, 0.05) is 24.6 Å². The maximum absolute atomic E-state index is 13.0. The van der Waals surface area contributed by atoms with Gasteiger partial charge in [-0.05, 0) is 22.9 Å². The van der Waals surface area contributed by atoms with Crippen LogP contribution in [0.2, 0.25) is 0 Å². The first-order chi connectivity index (χ1) is 15.1. The fourth-order valence-electron chi connectivity index (χ4n) is 3.79. The van der Waals surface area contributed by atoms with Crippen molar-refractivity contribution in [2.75, 3.05) is 6.79 Å². The second-order valence-corrected chi connectivity index (χ2v) is 8.19. The molecule has 0 unspecified atom stereocenters. The summed E-state index contributed by atoms with van der Waals surface area (Å²) in [6.45, 7) is 0.193. The van der Waals surface area contributed by atoms with Crippen molar-refractivity contribution in [1.82, 2.24) is 4.57 Å². The lowest BCUT2D eigenvalue weighted by atomic mass is 10.0. The number of aromatic nitrogens is 1. The van der Waals surface area contributed by atoms with Crippen LogP contribution in [0.3, 0.4) is 0 Å². The highest BCUT2D eigenvalue weighted by Crippen LogP contribution is 2.36. The Kier molecular flexibility index (Phi) is 3.78. The highest BCUT2D eigenvalue weighted by atomic mass is 32.1. The zero-order chi connectivity index (χ0) is 21.1. The van der Waals surface area contributed by atoms with Gasteiger partial charge in [-0.2, -0.15) is 4.99 Å². The molecular formula is C23H14N2O5S. The number of rotatable bonds is 1. The molecule has 1 aliphatic rings. The van der Waals surface area contributed by atoms with E-state index in [2.05, 4.69) is 4.99 Å². The summed E-state index contributed by atoms with van der Waals surface area (Å²) in [4.78, 5) is 30.1. The van der Waals surface area contributed by atoms with E-state index in [1.807, 2.05) is 49.5 Å². The Balaban J connectivity index is 1.52. The smallest absolute Gasteiger partial charge is 0.349 e. The van der Waals surface area contributed by atoms with Crippen LogP contribution in [0.15, 0.2) is 68.8 Å². The van der Waals surface area contributed by atoms with Gasteiger partial charge < -0.3 is 18.5 Å². The van der Waals surface area contributed by atoms with Gasteiger partial charge >= 0.3 is 5.63 Å². The predicted molar refractivity (Wildman–Crippen MR) is 117 cm³/mol. The van der Waals surface area contributed by atoms with Crippen LogP contribution < -0.4 is 19.9 Å². The number of aryl methyl sites for hydroxylation is 1. The summed E-state index contributed by atoms with van der Waals surface area (Å²) in [5, 5.41) is 2.59. The molecule has 0 N–H and O–H groups in total. The lowest BCUT2D eigenvalue weighted by molar-refractivity contribution is 0.0994. The Bertz CT molecular complexity index is 1680. The van der Waals surface area contributed by atoms with Gasteiger partial charge in [-0.25, -0.2) is 4.79 Å². The number of hydrogen-bond donors (Lipinski definition) is 0. The minimum Gasteiger partial charge on any atom is -0.454 e. The molecule has 6 rings (SSSR count). The van der Waals surface area contributed by atoms with Crippen LogP contribution in [0.4, 0.5) is 0 Å². The molecule has 0 fully saturated rings. The molecule has 3 heterocycles. The predicted octanol–water partition coefficient (Wildman–Crippen LogP) is 3.97. The average molecular weight is 430 g/mol. The number of carbonyl (C=O) groups is 1. The van der Waals surface area contributed by atoms with E-state index < -0.39 is 11.5 Å². The van der Waals surface area contributed by atoms with E-state index in [-0.39, 0.29) is 12.4 Å². The number of ether oxygens (including phenoxy) is 2. The molecule has 0 aliphatic carbocycles. The highest BCUT2D eigenvalue weighted by molar-refractivity contribution is 7.16. The quantitative estimate of drug-likeness (QED) is 0.297. The molecule has 3 aromatic carbocycles. The van der Waals surface area contributed by atoms with Crippen LogP contribution in [0.5, 0.6) is 11.5 Å². The number of thiazole rings is 1. The molecule has 5 aromatic rings. The van der Waals surface area contributed by atoms with Gasteiger partial charge in [0.1, 0.15) is 11.1 Å². The maximum atomic E-state index is 13.0. The third-order valence-electron chi connectivity index (χ3n) is 5.37. The number of benzene rings is 3. The number of hydrogen-bond acceptors (Lipinski definition) is 6. The van der Waals surface area contributed by atoms with Crippen LogP contribution >= 0.6 is 11.3 Å². The maximum Gasteiger partial charge on any atom is 0.349 e. The normalized spacial score (nSPS) is 13.5. The number of nitrogens with zero attached hydrogens (tertiary/aromatic N) is 2. The van der Waals surface area contributed by atoms with Crippen molar-refractivity contribution >= 4 is 49.2 Å². The minimum absolute atomic E-state index is 0.101. The summed E-state index contributed by atoms with van der Waals surface area (Å²) >= 11 is 1.33. The fraction of sp³-hybridized carbons (Fsp3) is 0.0870. The Hall–Kier alpha value is -3.91. The van der Waals surface area contributed by atoms with E-state index in [9.17, 15) is 9.59 Å². The van der Waals surface area contributed by atoms with Crippen molar-refractivity contribution in [3.8, 4) is 11.5 Å². The van der Waals surface area contributed by atoms with E-state index in [1.165, 1.54) is 11.3 Å². The van der Waals surface area contributed by atoms with E-state index in [0.29, 0.717) is 27.3 Å². The summed E-state index contributed by atoms with van der Waals surface area (Å²) < 4.78 is 19.0. The standard InChI is InChI=1S/C23H14N2O5S/c1-25-16-9-18-19(29-11-28-18)10-20(16)31-23(25)24-21(26)15-8-14-13-5-3-2-4-12(13)6-7-17(14)30-22(15)27/h2-10H,11H2,1H3. The van der Waals surface area contributed by atoms with Gasteiger partial charge in [-0.3, -0.25) is 4.79 Å². The van der Waals surface area contributed by atoms with E-state index in [1.54, 1.807) is 16.7 Å². The molecule has 152 valence electrons. The van der Waals surface area contributed by atoms with E-state index in [0.717, 1.165) is 21.0 Å². The van der Waals surface area contributed by atoms with Crippen LogP contribution in [0.25, 0.3) is 32.0 Å². The lowest BCUT2D eigenvalue weighted by Crippen LogP contribution is -2.17. The number of amides is 1. The molecule has 2 aromatic heterocycles. The molecule has 0 spiro atoms. The van der Waals surface area contributed by atoms with Gasteiger partial charge in [0.15, 0.2) is 16.3 Å². The average Bonchev–Trinajstić information content (AvgIpc) is 3.35. The van der Waals surface area contributed by atoms with Gasteiger partial charge in [0.2, 0.25) is 6.79 Å². The van der Waals surface area contributed by atoms with Crippen LogP contribution in [0.1, 0.15) is 10.4 Å². The summed E-state index contributed by atoms with van der Waals surface area (Å²) in [7, 11) is 1.81. The molecule has 8 heteroatoms. The molecule has 1 amide bonds. The molecule has 7 nitrogen and oxygen atoms in total. The van der Waals surface area contributed by atoms with Crippen molar-refractivity contribution in [1.29, 1.82) is 0 Å². The van der Waals surface area contributed by atoms with Crippen molar-refractivity contribution in [3.63, 3.8) is 0 Å². The largest absolute Gasteiger partial charge is 0.454 e. The summed E-state index contributed by atoms with van der Waals surface area (Å²) in [6.07, 6.45) is 0. The molecule has 0 atom stereocenters. The van der Waals surface area contributed by atoms with Gasteiger partial charge in [-0.1, -0.05) is 41.7 Å². The molecule has 31 heavy (non-hydrogen) atoms. The topological polar surface area (TPSA) is 83.0 Å². The Morgan fingerprint density at radius 1 is 1.03 bits per heavy atom. The highest BCUT2D eigenvalue weighted by Gasteiger charge is 2.18. The third kappa shape index (κ3) is 2.76. The second-order valence-electron chi connectivity index (χ2n) is 7.18. The summed E-state index contributed by atoms with van der Waals surface area (Å²) in [5.74, 6) is 0.667. The van der Waals surface area contributed by atoms with Gasteiger partial charge in [-0.15, -0.1) is 0 Å². The Labute approximate surface area is 178 Å². The van der Waals surface area contributed by atoms with E-state index >= 15 is 0 Å². The Morgan fingerprint density at radius 3 is 2.71 bits per heavy atom. The lowest BCUT2D eigenvalue weighted by Gasteiger charge is -2.03. The van der Waals surface area contributed by atoms with Crippen molar-refractivity contribution in [2.45, 2.75) is 0 Å². The van der Waals surface area contributed by atoms with Crippen molar-refractivity contribution in [3.05, 3.63) is 75.4 Å². The number of carbonyl (C=O) groups excluding carboxylic acids is 1. The minimum atomic E-state index is -0.707. The second kappa shape index (κ2) is 6.55. The summed E-state index contributed by atoms with van der Waals surface area (Å²) in [6, 6.07) is 16.6. The molecule has 0 bridgehead atoms. The van der Waals surface area contributed by atoms with Crippen LogP contribution in [0, 0.1) is 0 Å². The molecule has 0 saturated carbocycles. The first kappa shape index (κ1) is 17.9. The monoisotopic (exact) mass is 430 g/mol. The molecule has 0 saturated heterocycles. The number of fused-ring (bicyclic) bond motifs is 5. The molecule has 0 radical (unpaired) electrons. The van der Waals surface area contributed by atoms with E-state index in [4.69, 9.17) is 13.9 Å². The third-order valence-corrected chi connectivity index (χ3v) is 6.47. The first-order valence-corrected chi connectivity index (χ1v) is 10.3. The summed E-state index contributed by atoms with van der Waals surface area (Å²) in [5.41, 5.74) is 0.482. The van der Waals surface area contributed by atoms with Crippen LogP contribution in [-0.2, 0) is 7.05 Å².